The van der Waals surface area contributed by atoms with Crippen molar-refractivity contribution in [3.8, 4) is 0 Å². The van der Waals surface area contributed by atoms with Gasteiger partial charge in [-0.15, -0.1) is 0 Å². The van der Waals surface area contributed by atoms with E-state index in [1.165, 1.54) is 13.2 Å². The van der Waals surface area contributed by atoms with Gasteiger partial charge in [0.2, 0.25) is 0 Å². The maximum Gasteiger partial charge on any atom is 0.334 e. The summed E-state index contributed by atoms with van der Waals surface area (Å²) in [6.07, 6.45) is 0.403. The smallest absolute Gasteiger partial charge is 0.334 e. The Balaban J connectivity index is 2.85. The van der Waals surface area contributed by atoms with Crippen LogP contribution in [0.2, 0.25) is 0 Å². The third-order valence-corrected chi connectivity index (χ3v) is 1.94. The largest absolute Gasteiger partial charge is 0.481 e. The number of hydrogen-bond acceptors (Lipinski definition) is 4. The van der Waals surface area contributed by atoms with Crippen LogP contribution in [0.1, 0.15) is 6.42 Å². The van der Waals surface area contributed by atoms with E-state index in [9.17, 15) is 9.59 Å². The van der Waals surface area contributed by atoms with Crippen LogP contribution in [0.5, 0.6) is 0 Å². The van der Waals surface area contributed by atoms with Crippen LogP contribution in [-0.4, -0.2) is 35.4 Å². The van der Waals surface area contributed by atoms with Crippen molar-refractivity contribution < 1.29 is 24.5 Å². The second-order valence-electron chi connectivity index (χ2n) is 2.81. The molecule has 1 aliphatic rings. The van der Waals surface area contributed by atoms with Gasteiger partial charge >= 0.3 is 11.9 Å². The fraction of sp³-hybridized carbons (Fsp3) is 0.500. The van der Waals surface area contributed by atoms with Gasteiger partial charge in [0.05, 0.1) is 24.7 Å². The zero-order chi connectivity index (χ0) is 10.0. The molecule has 0 heterocycles. The summed E-state index contributed by atoms with van der Waals surface area (Å²) >= 11 is 0. The molecule has 0 bridgehead atoms. The molecule has 2 atom stereocenters. The van der Waals surface area contributed by atoms with E-state index in [2.05, 4.69) is 4.74 Å². The van der Waals surface area contributed by atoms with E-state index in [1.807, 2.05) is 0 Å². The summed E-state index contributed by atoms with van der Waals surface area (Å²) in [5.41, 5.74) is 0.0301. The lowest BCUT2D eigenvalue weighted by atomic mass is 10.0. The summed E-state index contributed by atoms with van der Waals surface area (Å²) < 4.78 is 4.38. The molecule has 0 unspecified atom stereocenters. The highest BCUT2D eigenvalue weighted by molar-refractivity contribution is 5.96. The summed E-state index contributed by atoms with van der Waals surface area (Å²) in [5, 5.41) is 17.8. The molecular weight excluding hydrogens is 176 g/mol. The van der Waals surface area contributed by atoms with E-state index < -0.39 is 24.0 Å². The zero-order valence-corrected chi connectivity index (χ0v) is 7.06. The standard InChI is InChI=1S/C8H10O5/c1-13-8(12)6-3-4(9)2-5(6)7(10)11/h3-5,9H,2H2,1H3,(H,10,11)/t4-,5-/m0/s1. The maximum absolute atomic E-state index is 11.0. The Morgan fingerprint density at radius 3 is 2.69 bits per heavy atom. The van der Waals surface area contributed by atoms with Gasteiger partial charge in [-0.05, 0) is 12.5 Å². The number of esters is 1. The number of methoxy groups -OCH3 is 1. The molecule has 0 aromatic carbocycles. The van der Waals surface area contributed by atoms with Crippen LogP contribution in [-0.2, 0) is 14.3 Å². The Bertz CT molecular complexity index is 268. The molecule has 0 amide bonds. The summed E-state index contributed by atoms with van der Waals surface area (Å²) in [4.78, 5) is 21.6. The summed E-state index contributed by atoms with van der Waals surface area (Å²) in [7, 11) is 1.17. The minimum Gasteiger partial charge on any atom is -0.481 e. The Hall–Kier alpha value is -1.36. The number of hydrogen-bond donors (Lipinski definition) is 2. The van der Waals surface area contributed by atoms with Gasteiger partial charge in [0.1, 0.15) is 0 Å². The second kappa shape index (κ2) is 3.57. The Kier molecular flexibility index (Phi) is 2.67. The van der Waals surface area contributed by atoms with Gasteiger partial charge in [0, 0.05) is 0 Å². The lowest BCUT2D eigenvalue weighted by Gasteiger charge is -2.07. The van der Waals surface area contributed by atoms with Crippen molar-refractivity contribution >= 4 is 11.9 Å². The number of carboxylic acid groups (broad SMARTS) is 1. The zero-order valence-electron chi connectivity index (χ0n) is 7.06. The Morgan fingerprint density at radius 1 is 1.62 bits per heavy atom. The number of carboxylic acids is 1. The van der Waals surface area contributed by atoms with Crippen molar-refractivity contribution in [2.24, 2.45) is 5.92 Å². The van der Waals surface area contributed by atoms with E-state index in [1.54, 1.807) is 0 Å². The van der Waals surface area contributed by atoms with E-state index in [-0.39, 0.29) is 12.0 Å². The molecule has 0 aromatic heterocycles. The Morgan fingerprint density at radius 2 is 2.23 bits per heavy atom. The van der Waals surface area contributed by atoms with Gasteiger partial charge in [-0.1, -0.05) is 0 Å². The molecule has 2 N–H and O–H groups in total. The SMILES string of the molecule is COC(=O)C1=C[C@@H](O)C[C@@H]1C(=O)O. The van der Waals surface area contributed by atoms with Gasteiger partial charge in [-0.25, -0.2) is 4.79 Å². The maximum atomic E-state index is 11.0. The third-order valence-electron chi connectivity index (χ3n) is 1.94. The molecule has 0 fully saturated rings. The Labute approximate surface area is 74.6 Å². The summed E-state index contributed by atoms with van der Waals surface area (Å²) in [6.45, 7) is 0. The molecule has 13 heavy (non-hydrogen) atoms. The highest BCUT2D eigenvalue weighted by atomic mass is 16.5. The minimum atomic E-state index is -1.12. The number of aliphatic hydroxyl groups is 1. The van der Waals surface area contributed by atoms with Crippen molar-refractivity contribution in [3.63, 3.8) is 0 Å². The van der Waals surface area contributed by atoms with Crippen LogP contribution in [0.15, 0.2) is 11.6 Å². The molecule has 72 valence electrons. The fourth-order valence-corrected chi connectivity index (χ4v) is 1.32. The lowest BCUT2D eigenvalue weighted by molar-refractivity contribution is -0.144. The number of ether oxygens (including phenoxy) is 1. The first-order valence-electron chi connectivity index (χ1n) is 3.77. The predicted octanol–water partition coefficient (Wildman–Crippen LogP) is -0.449. The average Bonchev–Trinajstić information content (AvgIpc) is 2.46. The van der Waals surface area contributed by atoms with Crippen molar-refractivity contribution in [1.29, 1.82) is 0 Å². The predicted molar refractivity (Wildman–Crippen MR) is 41.8 cm³/mol. The fourth-order valence-electron chi connectivity index (χ4n) is 1.32. The molecule has 1 rings (SSSR count). The summed E-state index contributed by atoms with van der Waals surface area (Å²) in [6, 6.07) is 0. The topological polar surface area (TPSA) is 83.8 Å². The first kappa shape index (κ1) is 9.73. The first-order valence-corrected chi connectivity index (χ1v) is 3.77. The normalized spacial score (nSPS) is 26.8. The molecule has 0 aliphatic heterocycles. The number of rotatable bonds is 2. The molecule has 5 nitrogen and oxygen atoms in total. The van der Waals surface area contributed by atoms with E-state index in [4.69, 9.17) is 10.2 Å². The van der Waals surface area contributed by atoms with E-state index in [0.29, 0.717) is 0 Å². The number of carbonyl (C=O) groups excluding carboxylic acids is 1. The lowest BCUT2D eigenvalue weighted by Crippen LogP contribution is -2.19. The average molecular weight is 186 g/mol. The van der Waals surface area contributed by atoms with Gasteiger partial charge in [-0.2, -0.15) is 0 Å². The number of aliphatic carboxylic acids is 1. The molecule has 0 spiro atoms. The molecule has 5 heteroatoms. The van der Waals surface area contributed by atoms with Crippen LogP contribution in [0.3, 0.4) is 0 Å². The first-order chi connectivity index (χ1) is 6.06. The van der Waals surface area contributed by atoms with Crippen molar-refractivity contribution in [3.05, 3.63) is 11.6 Å². The second-order valence-corrected chi connectivity index (χ2v) is 2.81. The quantitative estimate of drug-likeness (QED) is 0.571. The van der Waals surface area contributed by atoms with Crippen LogP contribution in [0.25, 0.3) is 0 Å². The number of carbonyl (C=O) groups is 2. The van der Waals surface area contributed by atoms with Crippen LogP contribution in [0.4, 0.5) is 0 Å². The molecule has 0 saturated heterocycles. The van der Waals surface area contributed by atoms with Crippen molar-refractivity contribution in [2.45, 2.75) is 12.5 Å². The van der Waals surface area contributed by atoms with Crippen LogP contribution >= 0.6 is 0 Å². The molecule has 1 aliphatic carbocycles. The van der Waals surface area contributed by atoms with E-state index >= 15 is 0 Å². The van der Waals surface area contributed by atoms with Crippen LogP contribution in [0, 0.1) is 5.92 Å². The summed E-state index contributed by atoms with van der Waals surface area (Å²) in [5.74, 6) is -2.75. The van der Waals surface area contributed by atoms with Crippen molar-refractivity contribution in [1.82, 2.24) is 0 Å². The molecule has 0 saturated carbocycles. The minimum absolute atomic E-state index is 0.0301. The number of aliphatic hydroxyl groups excluding tert-OH is 1. The van der Waals surface area contributed by atoms with Gasteiger partial charge < -0.3 is 14.9 Å². The van der Waals surface area contributed by atoms with Crippen LogP contribution < -0.4 is 0 Å². The molecule has 0 aromatic rings. The molecular formula is C8H10O5. The van der Waals surface area contributed by atoms with E-state index in [0.717, 1.165) is 0 Å². The highest BCUT2D eigenvalue weighted by Crippen LogP contribution is 2.27. The van der Waals surface area contributed by atoms with Gasteiger partial charge in [-0.3, -0.25) is 4.79 Å². The van der Waals surface area contributed by atoms with Gasteiger partial charge in [0.25, 0.3) is 0 Å². The highest BCUT2D eigenvalue weighted by Gasteiger charge is 2.35. The van der Waals surface area contributed by atoms with Crippen molar-refractivity contribution in [2.75, 3.05) is 7.11 Å². The third kappa shape index (κ3) is 1.86. The molecule has 0 radical (unpaired) electrons. The van der Waals surface area contributed by atoms with Gasteiger partial charge in [0.15, 0.2) is 0 Å². The monoisotopic (exact) mass is 186 g/mol.